The Hall–Kier alpha value is -1.89. The van der Waals surface area contributed by atoms with Crippen LogP contribution in [0, 0.1) is 5.92 Å². The number of carbonyl (C=O) groups is 1. The van der Waals surface area contributed by atoms with Gasteiger partial charge < -0.3 is 14.5 Å². The van der Waals surface area contributed by atoms with Crippen molar-refractivity contribution in [1.29, 1.82) is 0 Å². The van der Waals surface area contributed by atoms with Crippen LogP contribution >= 0.6 is 0 Å². The van der Waals surface area contributed by atoms with E-state index in [1.54, 1.807) is 19.4 Å². The molecule has 1 amide bonds. The summed E-state index contributed by atoms with van der Waals surface area (Å²) in [5, 5.41) is 0. The minimum absolute atomic E-state index is 0.205. The molecular weight excluding hydrogens is 342 g/mol. The van der Waals surface area contributed by atoms with Crippen LogP contribution in [-0.4, -0.2) is 78.1 Å². The molecule has 3 aliphatic heterocycles. The molecule has 4 heterocycles. The molecule has 1 atom stereocenters. The fourth-order valence-electron chi connectivity index (χ4n) is 4.76. The molecule has 3 saturated heterocycles. The van der Waals surface area contributed by atoms with Gasteiger partial charge in [0.05, 0.1) is 13.0 Å². The number of amides is 1. The van der Waals surface area contributed by atoms with Crippen LogP contribution in [0.1, 0.15) is 38.5 Å². The van der Waals surface area contributed by atoms with Gasteiger partial charge in [-0.05, 0) is 45.1 Å². The van der Waals surface area contributed by atoms with E-state index in [0.717, 1.165) is 70.9 Å². The third-order valence-electron chi connectivity index (χ3n) is 6.31. The lowest BCUT2D eigenvalue weighted by molar-refractivity contribution is -0.136. The SMILES string of the molecule is COc1ccnc(N2CCC(N3CCCC(C(=O)N4CCCC4)C3)CC2)n1. The monoisotopic (exact) mass is 373 g/mol. The molecule has 3 aliphatic rings. The molecule has 1 aromatic rings. The molecule has 0 aliphatic carbocycles. The van der Waals surface area contributed by atoms with Crippen molar-refractivity contribution in [3.63, 3.8) is 0 Å². The molecule has 7 nitrogen and oxygen atoms in total. The fraction of sp³-hybridized carbons (Fsp3) is 0.750. The molecule has 0 radical (unpaired) electrons. The summed E-state index contributed by atoms with van der Waals surface area (Å²) in [6, 6.07) is 2.35. The van der Waals surface area contributed by atoms with Crippen molar-refractivity contribution in [2.75, 3.05) is 51.3 Å². The average molecular weight is 374 g/mol. The minimum Gasteiger partial charge on any atom is -0.481 e. The molecule has 27 heavy (non-hydrogen) atoms. The van der Waals surface area contributed by atoms with E-state index in [4.69, 9.17) is 4.74 Å². The second-order valence-electron chi connectivity index (χ2n) is 7.98. The molecular formula is C20H31N5O2. The first-order valence-electron chi connectivity index (χ1n) is 10.4. The van der Waals surface area contributed by atoms with Crippen molar-refractivity contribution in [2.24, 2.45) is 5.92 Å². The number of carbonyl (C=O) groups excluding carboxylic acids is 1. The highest BCUT2D eigenvalue weighted by atomic mass is 16.5. The van der Waals surface area contributed by atoms with Gasteiger partial charge in [0.1, 0.15) is 0 Å². The number of piperidine rings is 2. The largest absolute Gasteiger partial charge is 0.481 e. The Bertz CT molecular complexity index is 641. The number of nitrogens with zero attached hydrogens (tertiary/aromatic N) is 5. The van der Waals surface area contributed by atoms with Crippen molar-refractivity contribution in [3.8, 4) is 5.88 Å². The summed E-state index contributed by atoms with van der Waals surface area (Å²) >= 11 is 0. The number of hydrogen-bond acceptors (Lipinski definition) is 6. The molecule has 0 aromatic carbocycles. The van der Waals surface area contributed by atoms with Gasteiger partial charge in [0.2, 0.25) is 17.7 Å². The third-order valence-corrected chi connectivity index (χ3v) is 6.31. The maximum absolute atomic E-state index is 12.8. The first-order chi connectivity index (χ1) is 13.2. The van der Waals surface area contributed by atoms with Crippen molar-refractivity contribution < 1.29 is 9.53 Å². The van der Waals surface area contributed by atoms with Gasteiger partial charge in [-0.1, -0.05) is 0 Å². The lowest BCUT2D eigenvalue weighted by atomic mass is 9.93. The van der Waals surface area contributed by atoms with E-state index in [2.05, 4.69) is 24.7 Å². The lowest BCUT2D eigenvalue weighted by Crippen LogP contribution is -2.51. The Balaban J connectivity index is 1.31. The second kappa shape index (κ2) is 8.42. The highest BCUT2D eigenvalue weighted by Gasteiger charge is 2.34. The molecule has 0 N–H and O–H groups in total. The molecule has 4 rings (SSSR count). The number of aromatic nitrogens is 2. The van der Waals surface area contributed by atoms with Crippen LogP contribution in [0.25, 0.3) is 0 Å². The van der Waals surface area contributed by atoms with E-state index < -0.39 is 0 Å². The maximum atomic E-state index is 12.8. The van der Waals surface area contributed by atoms with Gasteiger partial charge in [-0.25, -0.2) is 4.98 Å². The van der Waals surface area contributed by atoms with E-state index in [-0.39, 0.29) is 5.92 Å². The maximum Gasteiger partial charge on any atom is 0.228 e. The molecule has 1 unspecified atom stereocenters. The van der Waals surface area contributed by atoms with Crippen molar-refractivity contribution in [3.05, 3.63) is 12.3 Å². The quantitative estimate of drug-likeness (QED) is 0.802. The van der Waals surface area contributed by atoms with Gasteiger partial charge in [0.15, 0.2) is 0 Å². The Morgan fingerprint density at radius 1 is 1.07 bits per heavy atom. The molecule has 0 bridgehead atoms. The summed E-state index contributed by atoms with van der Waals surface area (Å²) in [6.07, 6.45) is 8.51. The van der Waals surface area contributed by atoms with Crippen LogP contribution in [0.4, 0.5) is 5.95 Å². The lowest BCUT2D eigenvalue weighted by Gasteiger charge is -2.42. The van der Waals surface area contributed by atoms with Gasteiger partial charge in [-0.3, -0.25) is 9.69 Å². The smallest absolute Gasteiger partial charge is 0.228 e. The van der Waals surface area contributed by atoms with E-state index in [0.29, 0.717) is 17.8 Å². The molecule has 0 saturated carbocycles. The van der Waals surface area contributed by atoms with Crippen LogP contribution < -0.4 is 9.64 Å². The van der Waals surface area contributed by atoms with Crippen molar-refractivity contribution in [2.45, 2.75) is 44.6 Å². The van der Waals surface area contributed by atoms with Gasteiger partial charge in [0.25, 0.3) is 0 Å². The highest BCUT2D eigenvalue weighted by Crippen LogP contribution is 2.27. The number of methoxy groups -OCH3 is 1. The van der Waals surface area contributed by atoms with E-state index in [9.17, 15) is 4.79 Å². The zero-order chi connectivity index (χ0) is 18.6. The van der Waals surface area contributed by atoms with Crippen molar-refractivity contribution >= 4 is 11.9 Å². The number of rotatable bonds is 4. The highest BCUT2D eigenvalue weighted by molar-refractivity contribution is 5.79. The topological polar surface area (TPSA) is 61.8 Å². The summed E-state index contributed by atoms with van der Waals surface area (Å²) < 4.78 is 5.22. The van der Waals surface area contributed by atoms with Crippen LogP contribution in [-0.2, 0) is 4.79 Å². The van der Waals surface area contributed by atoms with Crippen molar-refractivity contribution in [1.82, 2.24) is 19.8 Å². The second-order valence-corrected chi connectivity index (χ2v) is 7.98. The van der Waals surface area contributed by atoms with Crippen LogP contribution in [0.3, 0.4) is 0 Å². The minimum atomic E-state index is 0.205. The van der Waals surface area contributed by atoms with Crippen LogP contribution in [0.15, 0.2) is 12.3 Å². The number of likely N-dealkylation sites (tertiary alicyclic amines) is 2. The first-order valence-corrected chi connectivity index (χ1v) is 10.4. The predicted molar refractivity (Wildman–Crippen MR) is 104 cm³/mol. The average Bonchev–Trinajstić information content (AvgIpc) is 3.28. The first kappa shape index (κ1) is 18.5. The van der Waals surface area contributed by atoms with Gasteiger partial charge in [0, 0.05) is 51.0 Å². The van der Waals surface area contributed by atoms with E-state index >= 15 is 0 Å². The Labute approximate surface area is 161 Å². The summed E-state index contributed by atoms with van der Waals surface area (Å²) in [4.78, 5) is 28.6. The number of hydrogen-bond donors (Lipinski definition) is 0. The fourth-order valence-corrected chi connectivity index (χ4v) is 4.76. The van der Waals surface area contributed by atoms with E-state index in [1.807, 2.05) is 0 Å². The normalized spacial score (nSPS) is 25.0. The summed E-state index contributed by atoms with van der Waals surface area (Å²) in [6.45, 7) is 5.92. The molecule has 1 aromatic heterocycles. The molecule has 148 valence electrons. The summed E-state index contributed by atoms with van der Waals surface area (Å²) in [5.41, 5.74) is 0. The molecule has 7 heteroatoms. The summed E-state index contributed by atoms with van der Waals surface area (Å²) in [5.74, 6) is 1.98. The zero-order valence-electron chi connectivity index (χ0n) is 16.3. The number of ether oxygens (including phenoxy) is 1. The predicted octanol–water partition coefficient (Wildman–Crippen LogP) is 1.79. The molecule has 3 fully saturated rings. The summed E-state index contributed by atoms with van der Waals surface area (Å²) in [7, 11) is 1.63. The number of anilines is 1. The Kier molecular flexibility index (Phi) is 5.76. The van der Waals surface area contributed by atoms with E-state index in [1.165, 1.54) is 12.8 Å². The third kappa shape index (κ3) is 4.18. The van der Waals surface area contributed by atoms with Crippen LogP contribution in [0.5, 0.6) is 5.88 Å². The van der Waals surface area contributed by atoms with Gasteiger partial charge in [-0.15, -0.1) is 0 Å². The zero-order valence-corrected chi connectivity index (χ0v) is 16.3. The van der Waals surface area contributed by atoms with Crippen LogP contribution in [0.2, 0.25) is 0 Å². The van der Waals surface area contributed by atoms with Gasteiger partial charge in [-0.2, -0.15) is 4.98 Å². The van der Waals surface area contributed by atoms with Gasteiger partial charge >= 0.3 is 0 Å². The standard InChI is InChI=1S/C20H31N5O2/c1-27-18-6-9-21-20(22-18)24-13-7-17(8-14-24)25-12-4-5-16(15-25)19(26)23-10-2-3-11-23/h6,9,16-17H,2-5,7-8,10-15H2,1H3. The molecule has 0 spiro atoms. The Morgan fingerprint density at radius 2 is 1.85 bits per heavy atom. The Morgan fingerprint density at radius 3 is 2.59 bits per heavy atom.